The van der Waals surface area contributed by atoms with Gasteiger partial charge >= 0.3 is 0 Å². The SMILES string of the molecule is CCNC1CCC(S(=O)c2ccc(Br)cc2)C1C. The average Bonchev–Trinajstić information content (AvgIpc) is 2.72. The smallest absolute Gasteiger partial charge is 0.0564 e. The van der Waals surface area contributed by atoms with Crippen molar-refractivity contribution in [2.24, 2.45) is 5.92 Å². The van der Waals surface area contributed by atoms with E-state index in [1.165, 1.54) is 0 Å². The molecule has 18 heavy (non-hydrogen) atoms. The van der Waals surface area contributed by atoms with E-state index in [2.05, 4.69) is 35.1 Å². The molecule has 0 radical (unpaired) electrons. The number of benzene rings is 1. The van der Waals surface area contributed by atoms with Gasteiger partial charge in [0.05, 0.1) is 10.8 Å². The molecule has 4 unspecified atom stereocenters. The van der Waals surface area contributed by atoms with Crippen LogP contribution in [0.5, 0.6) is 0 Å². The Bertz CT molecular complexity index is 420. The lowest BCUT2D eigenvalue weighted by atomic mass is 10.1. The molecule has 0 aliphatic heterocycles. The first-order chi connectivity index (χ1) is 8.63. The van der Waals surface area contributed by atoms with Crippen LogP contribution in [0.1, 0.15) is 26.7 Å². The van der Waals surface area contributed by atoms with Crippen molar-refractivity contribution in [1.82, 2.24) is 5.32 Å². The van der Waals surface area contributed by atoms with E-state index in [1.807, 2.05) is 24.3 Å². The van der Waals surface area contributed by atoms with Crippen LogP contribution in [-0.2, 0) is 10.8 Å². The molecule has 1 aromatic carbocycles. The van der Waals surface area contributed by atoms with Crippen LogP contribution in [0.15, 0.2) is 33.6 Å². The normalized spacial score (nSPS) is 29.4. The van der Waals surface area contributed by atoms with Crippen molar-refractivity contribution in [2.45, 2.75) is 42.9 Å². The minimum absolute atomic E-state index is 0.287. The van der Waals surface area contributed by atoms with Crippen LogP contribution in [0.4, 0.5) is 0 Å². The largest absolute Gasteiger partial charge is 0.314 e. The minimum atomic E-state index is -0.882. The summed E-state index contributed by atoms with van der Waals surface area (Å²) in [6.45, 7) is 5.35. The second-order valence-electron chi connectivity index (χ2n) is 4.89. The molecule has 2 nitrogen and oxygen atoms in total. The third-order valence-electron chi connectivity index (χ3n) is 3.77. The monoisotopic (exact) mass is 329 g/mol. The first-order valence-corrected chi connectivity index (χ1v) is 8.53. The second kappa shape index (κ2) is 6.31. The van der Waals surface area contributed by atoms with Crippen molar-refractivity contribution < 1.29 is 4.21 Å². The summed E-state index contributed by atoms with van der Waals surface area (Å²) in [4.78, 5) is 0.951. The van der Waals surface area contributed by atoms with Crippen molar-refractivity contribution in [3.05, 3.63) is 28.7 Å². The standard InChI is InChI=1S/C14H20BrNOS/c1-3-16-13-8-9-14(10(13)2)18(17)12-6-4-11(15)5-7-12/h4-7,10,13-14,16H,3,8-9H2,1-2H3. The van der Waals surface area contributed by atoms with Crippen LogP contribution < -0.4 is 5.32 Å². The molecule has 4 atom stereocenters. The molecule has 1 N–H and O–H groups in total. The van der Waals surface area contributed by atoms with E-state index in [4.69, 9.17) is 0 Å². The Balaban J connectivity index is 2.08. The summed E-state index contributed by atoms with van der Waals surface area (Å²) >= 11 is 3.41. The predicted molar refractivity (Wildman–Crippen MR) is 80.2 cm³/mol. The third kappa shape index (κ3) is 3.03. The van der Waals surface area contributed by atoms with E-state index in [1.54, 1.807) is 0 Å². The zero-order valence-electron chi connectivity index (χ0n) is 10.9. The van der Waals surface area contributed by atoms with Gasteiger partial charge in [-0.1, -0.05) is 29.8 Å². The molecule has 1 aromatic rings. The lowest BCUT2D eigenvalue weighted by Gasteiger charge is -2.21. The molecule has 0 amide bonds. The van der Waals surface area contributed by atoms with Crippen molar-refractivity contribution in [3.8, 4) is 0 Å². The van der Waals surface area contributed by atoms with Crippen LogP contribution >= 0.6 is 15.9 Å². The summed E-state index contributed by atoms with van der Waals surface area (Å²) in [6.07, 6.45) is 2.20. The minimum Gasteiger partial charge on any atom is -0.314 e. The summed E-state index contributed by atoms with van der Waals surface area (Å²) in [7, 11) is -0.882. The Morgan fingerprint density at radius 3 is 2.61 bits per heavy atom. The maximum Gasteiger partial charge on any atom is 0.0564 e. The molecule has 0 heterocycles. The highest BCUT2D eigenvalue weighted by molar-refractivity contribution is 9.10. The van der Waals surface area contributed by atoms with Crippen LogP contribution in [-0.4, -0.2) is 22.0 Å². The summed E-state index contributed by atoms with van der Waals surface area (Å²) in [6, 6.07) is 8.39. The highest BCUT2D eigenvalue weighted by Crippen LogP contribution is 2.32. The van der Waals surface area contributed by atoms with E-state index in [-0.39, 0.29) is 5.25 Å². The van der Waals surface area contributed by atoms with E-state index in [9.17, 15) is 4.21 Å². The summed E-state index contributed by atoms with van der Waals surface area (Å²) < 4.78 is 13.6. The first-order valence-electron chi connectivity index (χ1n) is 6.53. The lowest BCUT2D eigenvalue weighted by molar-refractivity contribution is 0.438. The van der Waals surface area contributed by atoms with Crippen LogP contribution in [0.25, 0.3) is 0 Å². The maximum absolute atomic E-state index is 12.6. The second-order valence-corrected chi connectivity index (χ2v) is 7.48. The van der Waals surface area contributed by atoms with E-state index >= 15 is 0 Å². The zero-order chi connectivity index (χ0) is 13.1. The van der Waals surface area contributed by atoms with Gasteiger partial charge in [0.15, 0.2) is 0 Å². The number of rotatable bonds is 4. The van der Waals surface area contributed by atoms with Gasteiger partial charge < -0.3 is 5.32 Å². The van der Waals surface area contributed by atoms with Gasteiger partial charge in [-0.05, 0) is 49.6 Å². The molecule has 0 aromatic heterocycles. The van der Waals surface area contributed by atoms with Crippen LogP contribution in [0, 0.1) is 5.92 Å². The fourth-order valence-corrected chi connectivity index (χ4v) is 4.67. The van der Waals surface area contributed by atoms with Gasteiger partial charge in [0, 0.05) is 20.7 Å². The number of halogens is 1. The molecule has 2 rings (SSSR count). The number of hydrogen-bond donors (Lipinski definition) is 1. The van der Waals surface area contributed by atoms with Gasteiger partial charge in [-0.2, -0.15) is 0 Å². The molecule has 4 heteroatoms. The van der Waals surface area contributed by atoms with E-state index in [0.29, 0.717) is 12.0 Å². The van der Waals surface area contributed by atoms with Gasteiger partial charge in [0.1, 0.15) is 0 Å². The van der Waals surface area contributed by atoms with Crippen molar-refractivity contribution in [2.75, 3.05) is 6.54 Å². The highest BCUT2D eigenvalue weighted by atomic mass is 79.9. The topological polar surface area (TPSA) is 29.1 Å². The van der Waals surface area contributed by atoms with Crippen LogP contribution in [0.3, 0.4) is 0 Å². The zero-order valence-corrected chi connectivity index (χ0v) is 13.3. The fraction of sp³-hybridized carbons (Fsp3) is 0.571. The van der Waals surface area contributed by atoms with Gasteiger partial charge in [-0.15, -0.1) is 0 Å². The van der Waals surface area contributed by atoms with Crippen molar-refractivity contribution in [3.63, 3.8) is 0 Å². The molecule has 1 aliphatic carbocycles. The summed E-state index contributed by atoms with van der Waals surface area (Å²) in [5.41, 5.74) is 0. The van der Waals surface area contributed by atoms with Crippen LogP contribution in [0.2, 0.25) is 0 Å². The molecular formula is C14H20BrNOS. The first kappa shape index (κ1) is 14.2. The maximum atomic E-state index is 12.6. The molecule has 0 bridgehead atoms. The van der Waals surface area contributed by atoms with Crippen molar-refractivity contribution >= 4 is 26.7 Å². The molecule has 0 saturated heterocycles. The average molecular weight is 330 g/mol. The molecule has 1 aliphatic rings. The van der Waals surface area contributed by atoms with Gasteiger partial charge in [0.2, 0.25) is 0 Å². The third-order valence-corrected chi connectivity index (χ3v) is 6.25. The lowest BCUT2D eigenvalue weighted by Crippen LogP contribution is -2.34. The number of hydrogen-bond acceptors (Lipinski definition) is 2. The molecule has 1 fully saturated rings. The fourth-order valence-electron chi connectivity index (χ4n) is 2.72. The summed E-state index contributed by atoms with van der Waals surface area (Å²) in [5.74, 6) is 0.481. The Morgan fingerprint density at radius 2 is 2.00 bits per heavy atom. The Kier molecular flexibility index (Phi) is 4.98. The molecule has 1 saturated carbocycles. The van der Waals surface area contributed by atoms with Crippen molar-refractivity contribution in [1.29, 1.82) is 0 Å². The van der Waals surface area contributed by atoms with Gasteiger partial charge in [0.25, 0.3) is 0 Å². The Hall–Kier alpha value is -0.190. The molecule has 100 valence electrons. The Morgan fingerprint density at radius 1 is 1.33 bits per heavy atom. The quantitative estimate of drug-likeness (QED) is 0.917. The number of nitrogens with one attached hydrogen (secondary N) is 1. The highest BCUT2D eigenvalue weighted by Gasteiger charge is 2.36. The van der Waals surface area contributed by atoms with Gasteiger partial charge in [-0.3, -0.25) is 4.21 Å². The van der Waals surface area contributed by atoms with E-state index < -0.39 is 10.8 Å². The molecule has 0 spiro atoms. The Labute approximate surface area is 120 Å². The van der Waals surface area contributed by atoms with E-state index in [0.717, 1.165) is 28.8 Å². The molecular weight excluding hydrogens is 310 g/mol. The predicted octanol–water partition coefficient (Wildman–Crippen LogP) is 3.33. The van der Waals surface area contributed by atoms with Gasteiger partial charge in [-0.25, -0.2) is 0 Å². The summed E-state index contributed by atoms with van der Waals surface area (Å²) in [5, 5.41) is 3.78.